The van der Waals surface area contributed by atoms with Gasteiger partial charge in [-0.1, -0.05) is 30.0 Å². The van der Waals surface area contributed by atoms with E-state index in [0.29, 0.717) is 5.75 Å². The number of thioether (sulfide) groups is 1. The topological polar surface area (TPSA) is 73.6 Å². The fraction of sp³-hybridized carbons (Fsp3) is 0.450. The molecule has 6 nitrogen and oxygen atoms in total. The zero-order chi connectivity index (χ0) is 19.4. The number of anilines is 1. The number of carbonyl (C=O) groups is 1. The molecule has 27 heavy (non-hydrogen) atoms. The van der Waals surface area contributed by atoms with Crippen LogP contribution in [0.25, 0.3) is 0 Å². The van der Waals surface area contributed by atoms with Crippen LogP contribution in [0.4, 0.5) is 5.82 Å². The van der Waals surface area contributed by atoms with Gasteiger partial charge in [-0.2, -0.15) is 0 Å². The monoisotopic (exact) mass is 386 g/mol. The number of quaternary nitrogens is 1. The van der Waals surface area contributed by atoms with E-state index in [-0.39, 0.29) is 5.56 Å². The number of aryl methyl sites for hydroxylation is 1. The number of benzene rings is 1. The molecule has 1 aliphatic rings. The van der Waals surface area contributed by atoms with E-state index in [1.54, 1.807) is 23.1 Å². The Kier molecular flexibility index (Phi) is 6.34. The van der Waals surface area contributed by atoms with Crippen LogP contribution in [0.1, 0.15) is 34.1 Å². The van der Waals surface area contributed by atoms with E-state index in [9.17, 15) is 9.90 Å². The Morgan fingerprint density at radius 3 is 2.67 bits per heavy atom. The van der Waals surface area contributed by atoms with E-state index in [1.165, 1.54) is 18.3 Å². The minimum Gasteiger partial charge on any atom is -0.545 e. The summed E-state index contributed by atoms with van der Waals surface area (Å²) < 4.78 is 0. The van der Waals surface area contributed by atoms with Crippen LogP contribution < -0.4 is 14.9 Å². The van der Waals surface area contributed by atoms with Gasteiger partial charge in [0, 0.05) is 17.0 Å². The van der Waals surface area contributed by atoms with Crippen LogP contribution in [0, 0.1) is 13.8 Å². The number of rotatable bonds is 6. The standard InChI is InChI=1S/C20H26N4O2S/c1-4-23-8-10-24(11-9-23)18-14(2)15(3)21-20(22-18)27-13-16-6-5-7-17(12-16)19(25)26/h5-7,12H,4,8-11,13H2,1-3H3,(H,25,26). The zero-order valence-corrected chi connectivity index (χ0v) is 16.9. The lowest BCUT2D eigenvalue weighted by molar-refractivity contribution is -0.898. The summed E-state index contributed by atoms with van der Waals surface area (Å²) >= 11 is 1.53. The number of hydrogen-bond donors (Lipinski definition) is 1. The molecule has 1 fully saturated rings. The first-order valence-electron chi connectivity index (χ1n) is 9.34. The Bertz CT molecular complexity index is 820. The smallest absolute Gasteiger partial charge is 0.190 e. The largest absolute Gasteiger partial charge is 0.545 e. The van der Waals surface area contributed by atoms with Crippen LogP contribution in [-0.4, -0.2) is 48.7 Å². The lowest BCUT2D eigenvalue weighted by Gasteiger charge is -2.33. The molecule has 0 radical (unpaired) electrons. The molecule has 0 saturated carbocycles. The van der Waals surface area contributed by atoms with Crippen molar-refractivity contribution < 1.29 is 14.8 Å². The fourth-order valence-electron chi connectivity index (χ4n) is 3.29. The summed E-state index contributed by atoms with van der Waals surface area (Å²) in [6, 6.07) is 6.85. The summed E-state index contributed by atoms with van der Waals surface area (Å²) in [5.41, 5.74) is 3.26. The van der Waals surface area contributed by atoms with Crippen LogP contribution in [0.2, 0.25) is 0 Å². The maximum absolute atomic E-state index is 11.0. The lowest BCUT2D eigenvalue weighted by atomic mass is 10.1. The predicted molar refractivity (Wildman–Crippen MR) is 105 cm³/mol. The van der Waals surface area contributed by atoms with E-state index in [0.717, 1.165) is 54.0 Å². The highest BCUT2D eigenvalue weighted by Crippen LogP contribution is 2.26. The summed E-state index contributed by atoms with van der Waals surface area (Å²) in [4.78, 5) is 24.5. The second-order valence-corrected chi connectivity index (χ2v) is 7.85. The molecule has 3 rings (SSSR count). The average Bonchev–Trinajstić information content (AvgIpc) is 2.69. The zero-order valence-electron chi connectivity index (χ0n) is 16.1. The van der Waals surface area contributed by atoms with Gasteiger partial charge in [-0.3, -0.25) is 0 Å². The fourth-order valence-corrected chi connectivity index (χ4v) is 4.11. The van der Waals surface area contributed by atoms with E-state index in [1.807, 2.05) is 13.0 Å². The third-order valence-corrected chi connectivity index (χ3v) is 6.06. The number of aromatic carboxylic acids is 1. The first-order valence-corrected chi connectivity index (χ1v) is 10.3. The summed E-state index contributed by atoms with van der Waals surface area (Å²) in [5, 5.41) is 11.8. The molecule has 2 aromatic rings. The molecule has 1 aromatic heterocycles. The van der Waals surface area contributed by atoms with Crippen molar-refractivity contribution >= 4 is 23.5 Å². The molecule has 0 spiro atoms. The van der Waals surface area contributed by atoms with Gasteiger partial charge in [-0.15, -0.1) is 0 Å². The molecule has 0 bridgehead atoms. The minimum atomic E-state index is -1.15. The minimum absolute atomic E-state index is 0.200. The Labute approximate surface area is 164 Å². The van der Waals surface area contributed by atoms with Crippen LogP contribution >= 0.6 is 11.8 Å². The highest BCUT2D eigenvalue weighted by Gasteiger charge is 2.22. The van der Waals surface area contributed by atoms with Crippen LogP contribution in [0.15, 0.2) is 29.4 Å². The molecule has 7 heteroatoms. The number of carboxylic acid groups (broad SMARTS) is 1. The maximum Gasteiger partial charge on any atom is 0.190 e. The van der Waals surface area contributed by atoms with Crippen molar-refractivity contribution in [1.82, 2.24) is 9.97 Å². The molecule has 2 heterocycles. The molecule has 0 atom stereocenters. The van der Waals surface area contributed by atoms with Crippen molar-refractivity contribution in [2.75, 3.05) is 37.6 Å². The summed E-state index contributed by atoms with van der Waals surface area (Å²) in [6.07, 6.45) is 0. The first kappa shape index (κ1) is 19.6. The van der Waals surface area contributed by atoms with Gasteiger partial charge in [-0.25, -0.2) is 9.97 Å². The Hall–Kier alpha value is -2.12. The third kappa shape index (κ3) is 4.78. The van der Waals surface area contributed by atoms with Crippen molar-refractivity contribution in [3.8, 4) is 0 Å². The molecule has 1 aliphatic heterocycles. The molecular weight excluding hydrogens is 360 g/mol. The highest BCUT2D eigenvalue weighted by molar-refractivity contribution is 7.98. The second kappa shape index (κ2) is 8.71. The van der Waals surface area contributed by atoms with Gasteiger partial charge in [0.05, 0.1) is 38.7 Å². The van der Waals surface area contributed by atoms with Gasteiger partial charge in [0.15, 0.2) is 5.16 Å². The normalized spacial score (nSPS) is 15.1. The molecule has 0 unspecified atom stereocenters. The summed E-state index contributed by atoms with van der Waals surface area (Å²) in [6.45, 7) is 11.8. The van der Waals surface area contributed by atoms with Crippen LogP contribution in [-0.2, 0) is 5.75 Å². The number of carbonyl (C=O) groups excluding carboxylic acids is 1. The first-order chi connectivity index (χ1) is 13.0. The summed E-state index contributed by atoms with van der Waals surface area (Å²) in [7, 11) is 0. The average molecular weight is 387 g/mol. The lowest BCUT2D eigenvalue weighted by Crippen LogP contribution is -3.14. The summed E-state index contributed by atoms with van der Waals surface area (Å²) in [5.74, 6) is 0.500. The Morgan fingerprint density at radius 2 is 2.00 bits per heavy atom. The van der Waals surface area contributed by atoms with Crippen molar-refractivity contribution in [2.45, 2.75) is 31.7 Å². The molecule has 0 aliphatic carbocycles. The Morgan fingerprint density at radius 1 is 1.26 bits per heavy atom. The van der Waals surface area contributed by atoms with E-state index < -0.39 is 5.97 Å². The van der Waals surface area contributed by atoms with Crippen molar-refractivity contribution in [1.29, 1.82) is 0 Å². The molecular formula is C20H26N4O2S. The number of likely N-dealkylation sites (N-methyl/N-ethyl adjacent to an activating group) is 1. The van der Waals surface area contributed by atoms with Crippen LogP contribution in [0.5, 0.6) is 0 Å². The van der Waals surface area contributed by atoms with Gasteiger partial charge in [0.25, 0.3) is 0 Å². The quantitative estimate of drug-likeness (QED) is 0.575. The van der Waals surface area contributed by atoms with Gasteiger partial charge < -0.3 is 19.7 Å². The third-order valence-electron chi connectivity index (χ3n) is 5.14. The number of nitrogens with zero attached hydrogens (tertiary/aromatic N) is 3. The number of nitrogens with one attached hydrogen (secondary N) is 1. The second-order valence-electron chi connectivity index (χ2n) is 6.91. The predicted octanol–water partition coefficient (Wildman–Crippen LogP) is 0.474. The number of carboxylic acids is 1. The number of aromatic nitrogens is 2. The van der Waals surface area contributed by atoms with Crippen molar-refractivity contribution in [2.24, 2.45) is 0 Å². The molecule has 1 saturated heterocycles. The Balaban J connectivity index is 1.74. The maximum atomic E-state index is 11.0. The van der Waals surface area contributed by atoms with Crippen molar-refractivity contribution in [3.63, 3.8) is 0 Å². The van der Waals surface area contributed by atoms with Crippen LogP contribution in [0.3, 0.4) is 0 Å². The highest BCUT2D eigenvalue weighted by atomic mass is 32.2. The van der Waals surface area contributed by atoms with Gasteiger partial charge in [0.1, 0.15) is 5.82 Å². The molecule has 1 N–H and O–H groups in total. The SMILES string of the molecule is CC[NH+]1CCN(c2nc(SCc3cccc(C(=O)[O-])c3)nc(C)c2C)CC1. The van der Waals surface area contributed by atoms with Gasteiger partial charge in [-0.05, 0) is 38.0 Å². The molecule has 0 amide bonds. The van der Waals surface area contributed by atoms with Gasteiger partial charge in [0.2, 0.25) is 0 Å². The molecule has 144 valence electrons. The van der Waals surface area contributed by atoms with E-state index in [2.05, 4.69) is 23.7 Å². The van der Waals surface area contributed by atoms with E-state index in [4.69, 9.17) is 4.98 Å². The van der Waals surface area contributed by atoms with Gasteiger partial charge >= 0.3 is 0 Å². The molecule has 1 aromatic carbocycles. The van der Waals surface area contributed by atoms with Crippen molar-refractivity contribution in [3.05, 3.63) is 46.6 Å². The van der Waals surface area contributed by atoms with E-state index >= 15 is 0 Å². The number of hydrogen-bond acceptors (Lipinski definition) is 6. The number of piperazine rings is 1.